The standard InChI is InChI=1S/C20H33FO4/c1-3-5-7-8-14(22)12-16-15(19(24)13-20(16)25)10-11-18(23)17(21)9-6-4-2/h15-17,19,24H,3-13H2,1-2H3. The van der Waals surface area contributed by atoms with E-state index in [0.29, 0.717) is 12.8 Å². The molecule has 1 rings (SSSR count). The van der Waals surface area contributed by atoms with Crippen LogP contribution in [0, 0.1) is 11.8 Å². The van der Waals surface area contributed by atoms with Crippen molar-refractivity contribution >= 4 is 17.3 Å². The van der Waals surface area contributed by atoms with Gasteiger partial charge in [0.15, 0.2) is 12.0 Å². The van der Waals surface area contributed by atoms with Crippen molar-refractivity contribution in [2.75, 3.05) is 0 Å². The number of unbranched alkanes of at least 4 members (excludes halogenated alkanes) is 3. The summed E-state index contributed by atoms with van der Waals surface area (Å²) in [4.78, 5) is 36.1. The highest BCUT2D eigenvalue weighted by atomic mass is 19.1. The van der Waals surface area contributed by atoms with Gasteiger partial charge in [-0.1, -0.05) is 39.5 Å². The van der Waals surface area contributed by atoms with Crippen LogP contribution in [0.25, 0.3) is 0 Å². The van der Waals surface area contributed by atoms with E-state index in [1.165, 1.54) is 0 Å². The largest absolute Gasteiger partial charge is 0.392 e. The van der Waals surface area contributed by atoms with Gasteiger partial charge in [0.2, 0.25) is 0 Å². The number of hydrogen-bond donors (Lipinski definition) is 1. The molecule has 25 heavy (non-hydrogen) atoms. The van der Waals surface area contributed by atoms with Crippen molar-refractivity contribution in [1.29, 1.82) is 0 Å². The number of aliphatic hydroxyl groups excluding tert-OH is 1. The van der Waals surface area contributed by atoms with Gasteiger partial charge in [-0.15, -0.1) is 0 Å². The third kappa shape index (κ3) is 7.35. The first-order chi connectivity index (χ1) is 11.9. The van der Waals surface area contributed by atoms with Gasteiger partial charge < -0.3 is 5.11 Å². The number of ketones is 3. The zero-order valence-corrected chi connectivity index (χ0v) is 15.6. The van der Waals surface area contributed by atoms with Crippen LogP contribution in [0.3, 0.4) is 0 Å². The number of aliphatic hydroxyl groups is 1. The Morgan fingerprint density at radius 1 is 1.16 bits per heavy atom. The van der Waals surface area contributed by atoms with Crippen LogP contribution in [-0.2, 0) is 14.4 Å². The predicted octanol–water partition coefficient (Wildman–Crippen LogP) is 3.97. The van der Waals surface area contributed by atoms with E-state index in [1.54, 1.807) is 0 Å². The normalized spacial score (nSPS) is 24.5. The molecule has 1 N–H and O–H groups in total. The summed E-state index contributed by atoms with van der Waals surface area (Å²) in [5.41, 5.74) is 0. The quantitative estimate of drug-likeness (QED) is 0.507. The van der Waals surface area contributed by atoms with E-state index in [0.717, 1.165) is 25.7 Å². The fourth-order valence-corrected chi connectivity index (χ4v) is 3.60. The molecule has 1 aliphatic carbocycles. The van der Waals surface area contributed by atoms with E-state index in [9.17, 15) is 23.9 Å². The average molecular weight is 356 g/mol. The molecule has 0 heterocycles. The summed E-state index contributed by atoms with van der Waals surface area (Å²) in [6.45, 7) is 4.01. The fraction of sp³-hybridized carbons (Fsp3) is 0.850. The summed E-state index contributed by atoms with van der Waals surface area (Å²) in [5.74, 6) is -1.41. The lowest BCUT2D eigenvalue weighted by Crippen LogP contribution is -2.25. The lowest BCUT2D eigenvalue weighted by atomic mass is 9.84. The number of alkyl halides is 1. The highest BCUT2D eigenvalue weighted by Crippen LogP contribution is 2.36. The Balaban J connectivity index is 2.52. The molecule has 0 saturated heterocycles. The van der Waals surface area contributed by atoms with Gasteiger partial charge in [0.1, 0.15) is 11.6 Å². The summed E-state index contributed by atoms with van der Waals surface area (Å²) in [6.07, 6.45) is 3.28. The van der Waals surface area contributed by atoms with Gasteiger partial charge >= 0.3 is 0 Å². The Bertz CT molecular complexity index is 449. The summed E-state index contributed by atoms with van der Waals surface area (Å²) in [5, 5.41) is 10.1. The number of halogens is 1. The van der Waals surface area contributed by atoms with Crippen molar-refractivity contribution in [1.82, 2.24) is 0 Å². The Morgan fingerprint density at radius 2 is 1.84 bits per heavy atom. The van der Waals surface area contributed by atoms with Gasteiger partial charge in [-0.05, 0) is 25.2 Å². The van der Waals surface area contributed by atoms with E-state index in [1.807, 2.05) is 6.92 Å². The Kier molecular flexibility index (Phi) is 10.1. The molecule has 4 nitrogen and oxygen atoms in total. The summed E-state index contributed by atoms with van der Waals surface area (Å²) in [6, 6.07) is 0. The van der Waals surface area contributed by atoms with Gasteiger partial charge in [-0.2, -0.15) is 0 Å². The molecule has 0 aliphatic heterocycles. The van der Waals surface area contributed by atoms with Crippen LogP contribution in [0.4, 0.5) is 4.39 Å². The lowest BCUT2D eigenvalue weighted by Gasteiger charge is -2.20. The van der Waals surface area contributed by atoms with E-state index < -0.39 is 29.9 Å². The van der Waals surface area contributed by atoms with E-state index in [2.05, 4.69) is 6.92 Å². The van der Waals surface area contributed by atoms with Crippen LogP contribution < -0.4 is 0 Å². The molecule has 5 heteroatoms. The van der Waals surface area contributed by atoms with Crippen LogP contribution in [0.5, 0.6) is 0 Å². The maximum Gasteiger partial charge on any atom is 0.166 e. The number of rotatable bonds is 13. The molecule has 4 atom stereocenters. The second-order valence-electron chi connectivity index (χ2n) is 7.32. The van der Waals surface area contributed by atoms with Crippen LogP contribution in [-0.4, -0.2) is 34.7 Å². The van der Waals surface area contributed by atoms with Crippen molar-refractivity contribution in [3.05, 3.63) is 0 Å². The van der Waals surface area contributed by atoms with Crippen molar-refractivity contribution in [2.45, 2.75) is 96.8 Å². The molecule has 1 saturated carbocycles. The molecule has 1 aliphatic rings. The van der Waals surface area contributed by atoms with Gasteiger partial charge in [0.05, 0.1) is 6.10 Å². The molecule has 0 spiro atoms. The molecule has 144 valence electrons. The number of carbonyl (C=O) groups is 3. The number of carbonyl (C=O) groups excluding carboxylic acids is 3. The maximum atomic E-state index is 13.8. The van der Waals surface area contributed by atoms with Gasteiger partial charge in [0.25, 0.3) is 0 Å². The molecule has 0 radical (unpaired) electrons. The molecule has 0 bridgehead atoms. The summed E-state index contributed by atoms with van der Waals surface area (Å²) >= 11 is 0. The second-order valence-corrected chi connectivity index (χ2v) is 7.32. The van der Waals surface area contributed by atoms with Gasteiger partial charge in [-0.25, -0.2) is 4.39 Å². The SMILES string of the molecule is CCCCCC(=O)CC1C(=O)CC(O)C1CCC(=O)C(F)CCCC. The van der Waals surface area contributed by atoms with Crippen LogP contribution in [0.2, 0.25) is 0 Å². The summed E-state index contributed by atoms with van der Waals surface area (Å²) < 4.78 is 13.8. The first-order valence-electron chi connectivity index (χ1n) is 9.79. The Labute approximate surface area is 150 Å². The molecule has 0 aromatic heterocycles. The predicted molar refractivity (Wildman–Crippen MR) is 95.0 cm³/mol. The number of hydrogen-bond acceptors (Lipinski definition) is 4. The third-order valence-corrected chi connectivity index (χ3v) is 5.23. The molecule has 1 fully saturated rings. The molecule has 0 aromatic rings. The van der Waals surface area contributed by atoms with E-state index in [4.69, 9.17) is 0 Å². The van der Waals surface area contributed by atoms with Crippen LogP contribution in [0.15, 0.2) is 0 Å². The molecule has 0 amide bonds. The van der Waals surface area contributed by atoms with Crippen molar-refractivity contribution in [3.8, 4) is 0 Å². The third-order valence-electron chi connectivity index (χ3n) is 5.23. The van der Waals surface area contributed by atoms with Crippen molar-refractivity contribution in [3.63, 3.8) is 0 Å². The first kappa shape index (κ1) is 21.9. The molecule has 4 unspecified atom stereocenters. The Morgan fingerprint density at radius 3 is 2.48 bits per heavy atom. The van der Waals surface area contributed by atoms with Crippen molar-refractivity contribution in [2.24, 2.45) is 11.8 Å². The van der Waals surface area contributed by atoms with Crippen molar-refractivity contribution < 1.29 is 23.9 Å². The Hall–Kier alpha value is -1.10. The van der Waals surface area contributed by atoms with E-state index in [-0.39, 0.29) is 43.7 Å². The number of Topliss-reactive ketones (excluding diaryl/α,β-unsaturated/α-hetero) is 3. The summed E-state index contributed by atoms with van der Waals surface area (Å²) in [7, 11) is 0. The smallest absolute Gasteiger partial charge is 0.166 e. The minimum atomic E-state index is -1.46. The minimum absolute atomic E-state index is 0.0282. The zero-order chi connectivity index (χ0) is 18.8. The highest BCUT2D eigenvalue weighted by molar-refractivity contribution is 5.90. The zero-order valence-electron chi connectivity index (χ0n) is 15.6. The first-order valence-corrected chi connectivity index (χ1v) is 9.79. The maximum absolute atomic E-state index is 13.8. The fourth-order valence-electron chi connectivity index (χ4n) is 3.60. The molecular formula is C20H33FO4. The topological polar surface area (TPSA) is 71.4 Å². The van der Waals surface area contributed by atoms with E-state index >= 15 is 0 Å². The van der Waals surface area contributed by atoms with Crippen LogP contribution >= 0.6 is 0 Å². The second kappa shape index (κ2) is 11.5. The lowest BCUT2D eigenvalue weighted by molar-refractivity contribution is -0.127. The molecule has 0 aromatic carbocycles. The highest BCUT2D eigenvalue weighted by Gasteiger charge is 2.42. The monoisotopic (exact) mass is 356 g/mol. The van der Waals surface area contributed by atoms with Crippen LogP contribution in [0.1, 0.15) is 84.5 Å². The molecular weight excluding hydrogens is 323 g/mol. The average Bonchev–Trinajstić information content (AvgIpc) is 2.83. The van der Waals surface area contributed by atoms with Gasteiger partial charge in [-0.3, -0.25) is 14.4 Å². The minimum Gasteiger partial charge on any atom is -0.392 e. The van der Waals surface area contributed by atoms with Gasteiger partial charge in [0, 0.05) is 31.6 Å².